The topological polar surface area (TPSA) is 58.2 Å². The number of carbonyl (C=O) groups excluding carboxylic acids is 2. The van der Waals surface area contributed by atoms with Crippen molar-refractivity contribution in [3.8, 4) is 0 Å². The van der Waals surface area contributed by atoms with E-state index >= 15 is 0 Å². The van der Waals surface area contributed by atoms with E-state index in [2.05, 4.69) is 10.6 Å². The van der Waals surface area contributed by atoms with E-state index in [1.54, 1.807) is 0 Å². The maximum absolute atomic E-state index is 12.8. The van der Waals surface area contributed by atoms with Crippen LogP contribution in [-0.4, -0.2) is 31.3 Å². The van der Waals surface area contributed by atoms with Crippen LogP contribution in [0, 0.1) is 11.7 Å². The van der Waals surface area contributed by atoms with Crippen LogP contribution >= 0.6 is 0 Å². The molecule has 1 aromatic rings. The van der Waals surface area contributed by atoms with Crippen molar-refractivity contribution in [1.82, 2.24) is 10.6 Å². The van der Waals surface area contributed by atoms with E-state index in [1.807, 2.05) is 0 Å². The lowest BCUT2D eigenvalue weighted by molar-refractivity contribution is -0.121. The van der Waals surface area contributed by atoms with Gasteiger partial charge in [0, 0.05) is 24.9 Å². The Morgan fingerprint density at radius 1 is 1.23 bits per heavy atom. The van der Waals surface area contributed by atoms with Crippen molar-refractivity contribution in [2.75, 3.05) is 19.6 Å². The largest absolute Gasteiger partial charge is 0.356 e. The number of rotatable bonds is 7. The lowest BCUT2D eigenvalue weighted by Crippen LogP contribution is -2.33. The third-order valence-electron chi connectivity index (χ3n) is 4.02. The lowest BCUT2D eigenvalue weighted by Gasteiger charge is -2.22. The molecule has 1 unspecified atom stereocenters. The molecule has 22 heavy (non-hydrogen) atoms. The highest BCUT2D eigenvalue weighted by Crippen LogP contribution is 2.13. The van der Waals surface area contributed by atoms with Crippen LogP contribution in [0.2, 0.25) is 0 Å². The Kier molecular flexibility index (Phi) is 6.52. The first-order valence-corrected chi connectivity index (χ1v) is 7.91. The monoisotopic (exact) mass is 306 g/mol. The molecule has 2 rings (SSSR count). The number of Topliss-reactive ketones (excluding diaryl/α,β-unsaturated/α-hetero) is 1. The fourth-order valence-corrected chi connectivity index (χ4v) is 2.68. The molecule has 1 aliphatic rings. The Labute approximate surface area is 130 Å². The summed E-state index contributed by atoms with van der Waals surface area (Å²) in [6.07, 6.45) is 3.73. The van der Waals surface area contributed by atoms with Gasteiger partial charge in [-0.15, -0.1) is 0 Å². The summed E-state index contributed by atoms with van der Waals surface area (Å²) in [6, 6.07) is 5.41. The second kappa shape index (κ2) is 8.63. The summed E-state index contributed by atoms with van der Waals surface area (Å²) in [5, 5.41) is 6.22. The van der Waals surface area contributed by atoms with Gasteiger partial charge in [0.15, 0.2) is 5.78 Å². The highest BCUT2D eigenvalue weighted by atomic mass is 19.1. The van der Waals surface area contributed by atoms with Crippen LogP contribution in [0.5, 0.6) is 0 Å². The summed E-state index contributed by atoms with van der Waals surface area (Å²) in [7, 11) is 0. The summed E-state index contributed by atoms with van der Waals surface area (Å²) in [4.78, 5) is 23.6. The molecule has 1 aliphatic heterocycles. The Hall–Kier alpha value is -1.75. The molecule has 120 valence electrons. The van der Waals surface area contributed by atoms with Gasteiger partial charge in [-0.2, -0.15) is 0 Å². The average Bonchev–Trinajstić information content (AvgIpc) is 2.54. The lowest BCUT2D eigenvalue weighted by atomic mass is 9.96. The van der Waals surface area contributed by atoms with E-state index in [9.17, 15) is 14.0 Å². The zero-order valence-electron chi connectivity index (χ0n) is 12.7. The molecule has 0 aliphatic carbocycles. The smallest absolute Gasteiger partial charge is 0.220 e. The quantitative estimate of drug-likeness (QED) is 0.760. The van der Waals surface area contributed by atoms with Gasteiger partial charge in [0.25, 0.3) is 0 Å². The minimum absolute atomic E-state index is 0.0979. The van der Waals surface area contributed by atoms with Crippen molar-refractivity contribution in [3.63, 3.8) is 0 Å². The fraction of sp³-hybridized carbons (Fsp3) is 0.529. The molecule has 1 saturated heterocycles. The molecule has 1 atom stereocenters. The minimum Gasteiger partial charge on any atom is -0.356 e. The average molecular weight is 306 g/mol. The van der Waals surface area contributed by atoms with Gasteiger partial charge in [-0.1, -0.05) is 0 Å². The molecule has 4 nitrogen and oxygen atoms in total. The van der Waals surface area contributed by atoms with Crippen molar-refractivity contribution in [2.45, 2.75) is 32.1 Å². The standard InChI is InChI=1S/C17H23FN2O2/c18-15-5-3-14(4-6-15)16(21)7-8-17(22)20-11-9-13-2-1-10-19-12-13/h3-6,13,19H,1-2,7-12H2,(H,20,22). The third-order valence-corrected chi connectivity index (χ3v) is 4.02. The first kappa shape index (κ1) is 16.6. The zero-order valence-corrected chi connectivity index (χ0v) is 12.7. The SMILES string of the molecule is O=C(CCC(=O)c1ccc(F)cc1)NCCC1CCCNC1. The van der Waals surface area contributed by atoms with Crippen LogP contribution in [-0.2, 0) is 4.79 Å². The predicted molar refractivity (Wildman–Crippen MR) is 83.2 cm³/mol. The van der Waals surface area contributed by atoms with Crippen molar-refractivity contribution >= 4 is 11.7 Å². The number of nitrogens with one attached hydrogen (secondary N) is 2. The van der Waals surface area contributed by atoms with E-state index in [0.717, 1.165) is 19.5 Å². The summed E-state index contributed by atoms with van der Waals surface area (Å²) in [5.41, 5.74) is 0.447. The fourth-order valence-electron chi connectivity index (χ4n) is 2.68. The molecule has 1 amide bonds. The van der Waals surface area contributed by atoms with E-state index in [0.29, 0.717) is 18.0 Å². The van der Waals surface area contributed by atoms with Gasteiger partial charge in [0.1, 0.15) is 5.82 Å². The molecule has 0 saturated carbocycles. The van der Waals surface area contributed by atoms with Gasteiger partial charge >= 0.3 is 0 Å². The second-order valence-electron chi connectivity index (χ2n) is 5.78. The van der Waals surface area contributed by atoms with Gasteiger partial charge in [-0.05, 0) is 62.5 Å². The van der Waals surface area contributed by atoms with Crippen LogP contribution in [0.1, 0.15) is 42.5 Å². The predicted octanol–water partition coefficient (Wildman–Crippen LogP) is 2.29. The van der Waals surface area contributed by atoms with E-state index in [-0.39, 0.29) is 30.3 Å². The molecule has 1 heterocycles. The molecule has 0 aromatic heterocycles. The highest BCUT2D eigenvalue weighted by Gasteiger charge is 2.13. The number of benzene rings is 1. The van der Waals surface area contributed by atoms with Crippen molar-refractivity contribution in [3.05, 3.63) is 35.6 Å². The van der Waals surface area contributed by atoms with Gasteiger partial charge in [-0.3, -0.25) is 9.59 Å². The van der Waals surface area contributed by atoms with Crippen molar-refractivity contribution in [1.29, 1.82) is 0 Å². The molecule has 5 heteroatoms. The van der Waals surface area contributed by atoms with E-state index in [4.69, 9.17) is 0 Å². The minimum atomic E-state index is -0.369. The van der Waals surface area contributed by atoms with E-state index in [1.165, 1.54) is 37.1 Å². The maximum Gasteiger partial charge on any atom is 0.220 e. The Balaban J connectivity index is 1.62. The summed E-state index contributed by atoms with van der Waals surface area (Å²) in [6.45, 7) is 2.78. The molecule has 1 aromatic carbocycles. The molecule has 0 radical (unpaired) electrons. The normalized spacial score (nSPS) is 18.0. The Morgan fingerprint density at radius 2 is 2.00 bits per heavy atom. The Bertz CT molecular complexity index is 496. The van der Waals surface area contributed by atoms with E-state index < -0.39 is 0 Å². The number of hydrogen-bond acceptors (Lipinski definition) is 3. The second-order valence-corrected chi connectivity index (χ2v) is 5.78. The number of amides is 1. The molecule has 1 fully saturated rings. The first-order valence-electron chi connectivity index (χ1n) is 7.91. The van der Waals surface area contributed by atoms with Gasteiger partial charge in [0.05, 0.1) is 0 Å². The summed E-state index contributed by atoms with van der Waals surface area (Å²) < 4.78 is 12.8. The maximum atomic E-state index is 12.8. The number of ketones is 1. The number of hydrogen-bond donors (Lipinski definition) is 2. The van der Waals surface area contributed by atoms with Crippen LogP contribution in [0.3, 0.4) is 0 Å². The molecule has 0 bridgehead atoms. The van der Waals surface area contributed by atoms with Crippen LogP contribution in [0.15, 0.2) is 24.3 Å². The molecular formula is C17H23FN2O2. The molecule has 0 spiro atoms. The van der Waals surface area contributed by atoms with Crippen molar-refractivity contribution in [2.24, 2.45) is 5.92 Å². The van der Waals surface area contributed by atoms with Gasteiger partial charge < -0.3 is 10.6 Å². The number of piperidine rings is 1. The summed E-state index contributed by atoms with van der Waals surface area (Å²) in [5.74, 6) is 0.0345. The van der Waals surface area contributed by atoms with Crippen LogP contribution in [0.25, 0.3) is 0 Å². The summed E-state index contributed by atoms with van der Waals surface area (Å²) >= 11 is 0. The Morgan fingerprint density at radius 3 is 2.68 bits per heavy atom. The van der Waals surface area contributed by atoms with Gasteiger partial charge in [0.2, 0.25) is 5.91 Å². The zero-order chi connectivity index (χ0) is 15.8. The number of carbonyl (C=O) groups is 2. The molecular weight excluding hydrogens is 283 g/mol. The number of halogens is 1. The molecule has 2 N–H and O–H groups in total. The van der Waals surface area contributed by atoms with Crippen molar-refractivity contribution < 1.29 is 14.0 Å². The highest BCUT2D eigenvalue weighted by molar-refractivity contribution is 5.97. The third kappa shape index (κ3) is 5.56. The first-order chi connectivity index (χ1) is 10.6. The van der Waals surface area contributed by atoms with Gasteiger partial charge in [-0.25, -0.2) is 4.39 Å². The van der Waals surface area contributed by atoms with Crippen LogP contribution in [0.4, 0.5) is 4.39 Å². The van der Waals surface area contributed by atoms with Crippen LogP contribution < -0.4 is 10.6 Å².